The van der Waals surface area contributed by atoms with E-state index in [1.165, 1.54) is 0 Å². The molecule has 0 heterocycles. The van der Waals surface area contributed by atoms with Crippen LogP contribution in [0, 0.1) is 0 Å². The molecule has 5 nitrogen and oxygen atoms in total. The van der Waals surface area contributed by atoms with Crippen LogP contribution in [0.15, 0.2) is 103 Å². The minimum absolute atomic E-state index is 0.368. The summed E-state index contributed by atoms with van der Waals surface area (Å²) in [4.78, 5) is 25.0. The van der Waals surface area contributed by atoms with Crippen LogP contribution in [0.2, 0.25) is 0 Å². The smallest absolute Gasteiger partial charge is 0.339 e. The van der Waals surface area contributed by atoms with E-state index in [0.29, 0.717) is 5.57 Å². The van der Waals surface area contributed by atoms with Gasteiger partial charge >= 0.3 is 11.9 Å². The minimum atomic E-state index is -1.03. The summed E-state index contributed by atoms with van der Waals surface area (Å²) in [5.74, 6) is -1.11. The molecule has 0 saturated carbocycles. The van der Waals surface area contributed by atoms with E-state index >= 15 is 0 Å². The highest BCUT2D eigenvalue weighted by atomic mass is 17.1. The number of esters is 1. The van der Waals surface area contributed by atoms with Crippen LogP contribution in [0.3, 0.4) is 0 Å². The predicted molar refractivity (Wildman–Crippen MR) is 115 cm³/mol. The zero-order valence-electron chi connectivity index (χ0n) is 16.9. The molecule has 3 aromatic rings. The Morgan fingerprint density at radius 3 is 1.27 bits per heavy atom. The Hall–Kier alpha value is -3.70. The summed E-state index contributed by atoms with van der Waals surface area (Å²) in [7, 11) is 0. The number of benzene rings is 3. The molecule has 0 radical (unpaired) electrons. The van der Waals surface area contributed by atoms with Gasteiger partial charge in [0.2, 0.25) is 0 Å². The van der Waals surface area contributed by atoms with Crippen LogP contribution in [0.25, 0.3) is 0 Å². The van der Waals surface area contributed by atoms with E-state index in [4.69, 9.17) is 9.99 Å². The molecule has 0 amide bonds. The van der Waals surface area contributed by atoms with E-state index in [9.17, 15) is 9.59 Å². The Kier molecular flexibility index (Phi) is 8.08. The summed E-state index contributed by atoms with van der Waals surface area (Å²) in [6.07, 6.45) is 0. The van der Waals surface area contributed by atoms with Crippen molar-refractivity contribution in [3.05, 3.63) is 120 Å². The normalized spacial score (nSPS) is 10.2. The first-order chi connectivity index (χ1) is 14.4. The van der Waals surface area contributed by atoms with Crippen molar-refractivity contribution in [3.63, 3.8) is 0 Å². The monoisotopic (exact) mass is 404 g/mol. The Bertz CT molecular complexity index is 870. The molecule has 0 aliphatic heterocycles. The molecular weight excluding hydrogens is 380 g/mol. The van der Waals surface area contributed by atoms with Crippen molar-refractivity contribution in [1.29, 1.82) is 0 Å². The third-order valence-corrected chi connectivity index (χ3v) is 4.26. The molecule has 0 spiro atoms. The molecular formula is C25H24O5. The minimum Gasteiger partial charge on any atom is -0.441 e. The van der Waals surface area contributed by atoms with Gasteiger partial charge in [0.15, 0.2) is 5.60 Å². The first kappa shape index (κ1) is 22.6. The summed E-state index contributed by atoms with van der Waals surface area (Å²) < 4.78 is 6.12. The molecule has 1 N–H and O–H groups in total. The quantitative estimate of drug-likeness (QED) is 0.210. The topological polar surface area (TPSA) is 72.8 Å². The van der Waals surface area contributed by atoms with Crippen molar-refractivity contribution in [2.24, 2.45) is 0 Å². The SMILES string of the molecule is C=C(C)C(=O)OC(c1ccccc1)(c1ccccc1)c1ccccc1.CC(=O)OO. The number of ether oxygens (including phenoxy) is 1. The lowest BCUT2D eigenvalue weighted by atomic mass is 9.80. The Morgan fingerprint density at radius 2 is 1.03 bits per heavy atom. The van der Waals surface area contributed by atoms with Crippen LogP contribution >= 0.6 is 0 Å². The van der Waals surface area contributed by atoms with Crippen LogP contribution in [-0.2, 0) is 24.8 Å². The maximum absolute atomic E-state index is 12.6. The molecule has 154 valence electrons. The lowest BCUT2D eigenvalue weighted by Crippen LogP contribution is -2.35. The lowest BCUT2D eigenvalue weighted by Gasteiger charge is -2.35. The molecule has 0 aliphatic rings. The van der Waals surface area contributed by atoms with Crippen molar-refractivity contribution in [2.45, 2.75) is 19.4 Å². The molecule has 0 unspecified atom stereocenters. The fourth-order valence-corrected chi connectivity index (χ4v) is 2.92. The van der Waals surface area contributed by atoms with Gasteiger partial charge in [0.25, 0.3) is 0 Å². The number of carbonyl (C=O) groups is 2. The van der Waals surface area contributed by atoms with E-state index in [1.807, 2.05) is 91.0 Å². The van der Waals surface area contributed by atoms with Crippen LogP contribution in [0.5, 0.6) is 0 Å². The van der Waals surface area contributed by atoms with Gasteiger partial charge in [0, 0.05) is 29.2 Å². The molecule has 3 rings (SSSR count). The molecule has 0 aromatic heterocycles. The number of hydrogen-bond acceptors (Lipinski definition) is 5. The lowest BCUT2D eigenvalue weighted by molar-refractivity contribution is -0.231. The Labute approximate surface area is 176 Å². The van der Waals surface area contributed by atoms with Crippen LogP contribution < -0.4 is 0 Å². The van der Waals surface area contributed by atoms with Crippen LogP contribution in [-0.4, -0.2) is 17.2 Å². The molecule has 3 aromatic carbocycles. The molecule has 0 fully saturated rings. The second-order valence-electron chi connectivity index (χ2n) is 6.53. The predicted octanol–water partition coefficient (Wildman–Crippen LogP) is 5.12. The summed E-state index contributed by atoms with van der Waals surface area (Å²) in [6, 6.07) is 29.4. The molecule has 0 aliphatic carbocycles. The maximum atomic E-state index is 12.6. The molecule has 5 heteroatoms. The zero-order valence-corrected chi connectivity index (χ0v) is 16.9. The number of hydrogen-bond donors (Lipinski definition) is 1. The van der Waals surface area contributed by atoms with Crippen molar-refractivity contribution in [1.82, 2.24) is 0 Å². The fourth-order valence-electron chi connectivity index (χ4n) is 2.92. The summed E-state index contributed by atoms with van der Waals surface area (Å²) in [5.41, 5.74) is 2.01. The van der Waals surface area contributed by atoms with Gasteiger partial charge in [-0.15, -0.1) is 0 Å². The number of rotatable bonds is 5. The first-order valence-electron chi connectivity index (χ1n) is 9.29. The third-order valence-electron chi connectivity index (χ3n) is 4.26. The highest BCUT2D eigenvalue weighted by Crippen LogP contribution is 2.40. The van der Waals surface area contributed by atoms with E-state index in [1.54, 1.807) is 6.92 Å². The van der Waals surface area contributed by atoms with Gasteiger partial charge in [-0.25, -0.2) is 9.59 Å². The van der Waals surface area contributed by atoms with Crippen molar-refractivity contribution < 1.29 is 24.5 Å². The van der Waals surface area contributed by atoms with Crippen molar-refractivity contribution in [3.8, 4) is 0 Å². The van der Waals surface area contributed by atoms with Gasteiger partial charge in [0.1, 0.15) is 0 Å². The largest absolute Gasteiger partial charge is 0.441 e. The summed E-state index contributed by atoms with van der Waals surface area (Å²) in [6.45, 7) is 6.52. The average Bonchev–Trinajstić information content (AvgIpc) is 2.79. The van der Waals surface area contributed by atoms with Gasteiger partial charge < -0.3 is 9.62 Å². The fraction of sp³-hybridized carbons (Fsp3) is 0.120. The maximum Gasteiger partial charge on any atom is 0.339 e. The van der Waals surface area contributed by atoms with E-state index in [2.05, 4.69) is 11.5 Å². The van der Waals surface area contributed by atoms with Crippen LogP contribution in [0.1, 0.15) is 30.5 Å². The molecule has 0 atom stereocenters. The second-order valence-corrected chi connectivity index (χ2v) is 6.53. The van der Waals surface area contributed by atoms with E-state index in [-0.39, 0.29) is 0 Å². The highest BCUT2D eigenvalue weighted by molar-refractivity contribution is 5.88. The first-order valence-corrected chi connectivity index (χ1v) is 9.29. The number of carbonyl (C=O) groups excluding carboxylic acids is 2. The van der Waals surface area contributed by atoms with Crippen molar-refractivity contribution in [2.75, 3.05) is 0 Å². The molecule has 0 bridgehead atoms. The average molecular weight is 404 g/mol. The Morgan fingerprint density at radius 1 is 0.733 bits per heavy atom. The van der Waals surface area contributed by atoms with Gasteiger partial charge in [-0.1, -0.05) is 97.6 Å². The van der Waals surface area contributed by atoms with E-state index in [0.717, 1.165) is 23.6 Å². The molecule has 30 heavy (non-hydrogen) atoms. The summed E-state index contributed by atoms with van der Waals surface area (Å²) in [5, 5.41) is 7.29. The van der Waals surface area contributed by atoms with Gasteiger partial charge in [0.05, 0.1) is 0 Å². The van der Waals surface area contributed by atoms with Gasteiger partial charge in [-0.05, 0) is 6.92 Å². The second kappa shape index (κ2) is 10.7. The zero-order chi connectivity index (χ0) is 22.0. The van der Waals surface area contributed by atoms with Gasteiger partial charge in [-0.2, -0.15) is 5.26 Å². The summed E-state index contributed by atoms with van der Waals surface area (Å²) >= 11 is 0. The van der Waals surface area contributed by atoms with Crippen LogP contribution in [0.4, 0.5) is 0 Å². The van der Waals surface area contributed by atoms with Gasteiger partial charge in [-0.3, -0.25) is 0 Å². The third kappa shape index (κ3) is 5.43. The highest BCUT2D eigenvalue weighted by Gasteiger charge is 2.40. The van der Waals surface area contributed by atoms with Crippen molar-refractivity contribution >= 4 is 11.9 Å². The standard InChI is InChI=1S/C23H20O2.C2H4O3/c1-18(2)22(24)25-23(19-12-6-3-7-13-19,20-14-8-4-9-15-20)21-16-10-5-11-17-21;1-2(3)5-4/h3-17H,1H2,2H3;4H,1H3. The van der Waals surface area contributed by atoms with E-state index < -0.39 is 17.5 Å². The molecule has 0 saturated heterocycles. The Balaban J connectivity index is 0.000000575.